The predicted octanol–water partition coefficient (Wildman–Crippen LogP) is 4.94. The average molecular weight is 367 g/mol. The van der Waals surface area contributed by atoms with Gasteiger partial charge in [-0.05, 0) is 54.2 Å². The van der Waals surface area contributed by atoms with Crippen molar-refractivity contribution in [3.8, 4) is 11.4 Å². The molecule has 1 heterocycles. The summed E-state index contributed by atoms with van der Waals surface area (Å²) in [5.41, 5.74) is 1.44. The normalized spacial score (nSPS) is 11.3. The lowest BCUT2D eigenvalue weighted by atomic mass is 10.2. The van der Waals surface area contributed by atoms with Crippen molar-refractivity contribution in [2.24, 2.45) is 5.10 Å². The zero-order chi connectivity index (χ0) is 16.4. The Morgan fingerprint density at radius 1 is 1.13 bits per heavy atom. The standard InChI is InChI=1S/C15H9Cl2FN4S/c16-12-6-1-9(7-13(12)17)8-19-22-14(20-21-15(22)23)10-2-4-11(18)5-3-10/h1-8H,(H,21,23). The molecule has 23 heavy (non-hydrogen) atoms. The molecule has 0 aliphatic carbocycles. The van der Waals surface area contributed by atoms with E-state index in [0.717, 1.165) is 5.56 Å². The van der Waals surface area contributed by atoms with Gasteiger partial charge in [0.25, 0.3) is 0 Å². The highest BCUT2D eigenvalue weighted by molar-refractivity contribution is 7.71. The molecule has 1 aromatic heterocycles. The van der Waals surface area contributed by atoms with E-state index < -0.39 is 0 Å². The van der Waals surface area contributed by atoms with E-state index >= 15 is 0 Å². The van der Waals surface area contributed by atoms with E-state index in [2.05, 4.69) is 15.3 Å². The highest BCUT2D eigenvalue weighted by atomic mass is 35.5. The van der Waals surface area contributed by atoms with Gasteiger partial charge in [0.1, 0.15) is 5.82 Å². The third kappa shape index (κ3) is 3.50. The molecule has 0 saturated heterocycles. The van der Waals surface area contributed by atoms with Crippen LogP contribution in [0, 0.1) is 10.6 Å². The third-order valence-corrected chi connectivity index (χ3v) is 4.02. The third-order valence-electron chi connectivity index (χ3n) is 3.02. The smallest absolute Gasteiger partial charge is 0.216 e. The van der Waals surface area contributed by atoms with Crippen LogP contribution < -0.4 is 0 Å². The predicted molar refractivity (Wildman–Crippen MR) is 92.3 cm³/mol. The molecule has 0 amide bonds. The number of aromatic amines is 1. The summed E-state index contributed by atoms with van der Waals surface area (Å²) < 4.78 is 14.8. The number of nitrogens with zero attached hydrogens (tertiary/aromatic N) is 3. The number of benzene rings is 2. The van der Waals surface area contributed by atoms with E-state index in [0.29, 0.717) is 26.2 Å². The van der Waals surface area contributed by atoms with Gasteiger partial charge >= 0.3 is 0 Å². The first-order valence-electron chi connectivity index (χ1n) is 6.47. The van der Waals surface area contributed by atoms with E-state index in [9.17, 15) is 4.39 Å². The molecule has 0 atom stereocenters. The van der Waals surface area contributed by atoms with E-state index in [1.54, 1.807) is 36.5 Å². The van der Waals surface area contributed by atoms with Crippen LogP contribution in [0.5, 0.6) is 0 Å². The van der Waals surface area contributed by atoms with Crippen LogP contribution in [0.15, 0.2) is 47.6 Å². The Hall–Kier alpha value is -2.02. The maximum absolute atomic E-state index is 13.0. The van der Waals surface area contributed by atoms with Crippen LogP contribution in [0.4, 0.5) is 4.39 Å². The molecule has 3 aromatic rings. The Bertz CT molecular complexity index is 931. The van der Waals surface area contributed by atoms with Crippen molar-refractivity contribution in [3.63, 3.8) is 0 Å². The first-order valence-corrected chi connectivity index (χ1v) is 7.64. The summed E-state index contributed by atoms with van der Waals surface area (Å²) in [5, 5.41) is 12.0. The molecule has 0 aliphatic rings. The van der Waals surface area contributed by atoms with E-state index in [1.165, 1.54) is 16.8 Å². The lowest BCUT2D eigenvalue weighted by Gasteiger charge is -2.01. The van der Waals surface area contributed by atoms with Crippen molar-refractivity contribution in [2.75, 3.05) is 0 Å². The maximum Gasteiger partial charge on any atom is 0.216 e. The van der Waals surface area contributed by atoms with Crippen LogP contribution in [-0.4, -0.2) is 21.1 Å². The molecule has 0 unspecified atom stereocenters. The lowest BCUT2D eigenvalue weighted by molar-refractivity contribution is 0.628. The van der Waals surface area contributed by atoms with Gasteiger partial charge < -0.3 is 0 Å². The quantitative estimate of drug-likeness (QED) is 0.527. The SMILES string of the molecule is Fc1ccc(-c2n[nH]c(=S)n2N=Cc2ccc(Cl)c(Cl)c2)cc1. The maximum atomic E-state index is 13.0. The summed E-state index contributed by atoms with van der Waals surface area (Å²) in [4.78, 5) is 0. The van der Waals surface area contributed by atoms with Gasteiger partial charge in [-0.15, -0.1) is 0 Å². The molecule has 0 fully saturated rings. The number of aromatic nitrogens is 3. The largest absolute Gasteiger partial charge is 0.250 e. The minimum Gasteiger partial charge on any atom is -0.250 e. The molecule has 8 heteroatoms. The van der Waals surface area contributed by atoms with Crippen LogP contribution >= 0.6 is 35.4 Å². The first-order chi connectivity index (χ1) is 11.0. The molecule has 3 rings (SSSR count). The second kappa shape index (κ2) is 6.62. The van der Waals surface area contributed by atoms with Gasteiger partial charge in [-0.3, -0.25) is 0 Å². The Kier molecular flexibility index (Phi) is 4.56. The van der Waals surface area contributed by atoms with Crippen molar-refractivity contribution in [3.05, 3.63) is 68.7 Å². The Labute approximate surface area is 146 Å². The van der Waals surface area contributed by atoms with E-state index in [1.807, 2.05) is 0 Å². The van der Waals surface area contributed by atoms with Crippen molar-refractivity contribution in [1.82, 2.24) is 14.9 Å². The molecular formula is C15H9Cl2FN4S. The average Bonchev–Trinajstić information content (AvgIpc) is 2.90. The number of hydrogen-bond donors (Lipinski definition) is 1. The van der Waals surface area contributed by atoms with Crippen molar-refractivity contribution in [2.45, 2.75) is 0 Å². The van der Waals surface area contributed by atoms with E-state index in [-0.39, 0.29) is 5.82 Å². The molecule has 116 valence electrons. The summed E-state index contributed by atoms with van der Waals surface area (Å²) in [6.07, 6.45) is 1.58. The van der Waals surface area contributed by atoms with Gasteiger partial charge in [0.05, 0.1) is 16.3 Å². The molecule has 2 aromatic carbocycles. The highest BCUT2D eigenvalue weighted by Crippen LogP contribution is 2.22. The van der Waals surface area contributed by atoms with Gasteiger partial charge in [-0.25, -0.2) is 9.49 Å². The molecule has 0 spiro atoms. The Morgan fingerprint density at radius 2 is 1.87 bits per heavy atom. The fourth-order valence-corrected chi connectivity index (χ4v) is 2.39. The summed E-state index contributed by atoms with van der Waals surface area (Å²) in [5.74, 6) is 0.153. The zero-order valence-electron chi connectivity index (χ0n) is 11.5. The van der Waals surface area contributed by atoms with E-state index in [4.69, 9.17) is 35.4 Å². The van der Waals surface area contributed by atoms with Crippen molar-refractivity contribution in [1.29, 1.82) is 0 Å². The highest BCUT2D eigenvalue weighted by Gasteiger charge is 2.08. The second-order valence-corrected chi connectivity index (χ2v) is 5.79. The summed E-state index contributed by atoms with van der Waals surface area (Å²) >= 11 is 17.0. The summed E-state index contributed by atoms with van der Waals surface area (Å²) in [7, 11) is 0. The van der Waals surface area contributed by atoms with Gasteiger partial charge in [0.15, 0.2) is 5.82 Å². The monoisotopic (exact) mass is 366 g/mol. The molecule has 4 nitrogen and oxygen atoms in total. The van der Waals surface area contributed by atoms with Crippen molar-refractivity contribution < 1.29 is 4.39 Å². The number of nitrogens with one attached hydrogen (secondary N) is 1. The molecule has 0 aliphatic heterocycles. The Balaban J connectivity index is 1.98. The van der Waals surface area contributed by atoms with Gasteiger partial charge in [0.2, 0.25) is 4.77 Å². The summed E-state index contributed by atoms with van der Waals surface area (Å²) in [6, 6.07) is 11.0. The van der Waals surface area contributed by atoms with Crippen molar-refractivity contribution >= 4 is 41.6 Å². The summed E-state index contributed by atoms with van der Waals surface area (Å²) in [6.45, 7) is 0. The Morgan fingerprint density at radius 3 is 2.57 bits per heavy atom. The molecule has 1 N–H and O–H groups in total. The van der Waals surface area contributed by atoms with Gasteiger partial charge in [-0.2, -0.15) is 14.9 Å². The zero-order valence-corrected chi connectivity index (χ0v) is 13.8. The minimum atomic E-state index is -0.325. The molecule has 0 radical (unpaired) electrons. The number of hydrogen-bond acceptors (Lipinski definition) is 3. The fraction of sp³-hybridized carbons (Fsp3) is 0. The minimum absolute atomic E-state index is 0.320. The first kappa shape index (κ1) is 15.9. The van der Waals surface area contributed by atoms with Crippen LogP contribution in [-0.2, 0) is 0 Å². The lowest BCUT2D eigenvalue weighted by Crippen LogP contribution is -1.95. The molecular weight excluding hydrogens is 358 g/mol. The van der Waals surface area contributed by atoms with Crippen LogP contribution in [0.25, 0.3) is 11.4 Å². The number of H-pyrrole nitrogens is 1. The van der Waals surface area contributed by atoms with Crippen LogP contribution in [0.2, 0.25) is 10.0 Å². The molecule has 0 saturated carbocycles. The van der Waals surface area contributed by atoms with Crippen LogP contribution in [0.1, 0.15) is 5.56 Å². The second-order valence-electron chi connectivity index (χ2n) is 4.59. The number of halogens is 3. The molecule has 0 bridgehead atoms. The van der Waals surface area contributed by atoms with Gasteiger partial charge in [0, 0.05) is 5.56 Å². The van der Waals surface area contributed by atoms with Gasteiger partial charge in [-0.1, -0.05) is 29.3 Å². The topological polar surface area (TPSA) is 46.0 Å². The fourth-order valence-electron chi connectivity index (χ4n) is 1.90. The van der Waals surface area contributed by atoms with Crippen LogP contribution in [0.3, 0.4) is 0 Å². The number of rotatable bonds is 3.